The number of ketones is 1. The number of nitrogens with zero attached hydrogens (tertiary/aromatic N) is 2. The molecule has 0 spiro atoms. The Kier molecular flexibility index (Phi) is 3.42. The van der Waals surface area contributed by atoms with Crippen LogP contribution in [0.15, 0.2) is 42.6 Å². The fraction of sp³-hybridized carbons (Fsp3) is 0.200. The first kappa shape index (κ1) is 12.3. The van der Waals surface area contributed by atoms with Crippen molar-refractivity contribution in [2.45, 2.75) is 13.8 Å². The monoisotopic (exact) mass is 240 g/mol. The zero-order chi connectivity index (χ0) is 13.1. The second-order valence-electron chi connectivity index (χ2n) is 4.36. The van der Waals surface area contributed by atoms with Crippen LogP contribution in [0, 0.1) is 6.92 Å². The standard InChI is InChI=1S/C15H16N2O/c1-11-5-4-6-14(9-11)17(3)15-8-7-13(10-16-15)12(2)18/h4-10H,1-3H3. The van der Waals surface area contributed by atoms with Crippen LogP contribution in [0.2, 0.25) is 0 Å². The van der Waals surface area contributed by atoms with Crippen LogP contribution in [-0.2, 0) is 0 Å². The molecule has 0 bridgehead atoms. The van der Waals surface area contributed by atoms with Crippen molar-refractivity contribution in [3.8, 4) is 0 Å². The molecule has 0 aliphatic carbocycles. The Morgan fingerprint density at radius 3 is 2.56 bits per heavy atom. The predicted octanol–water partition coefficient (Wildman–Crippen LogP) is 3.36. The van der Waals surface area contributed by atoms with Crippen molar-refractivity contribution < 1.29 is 4.79 Å². The second kappa shape index (κ2) is 5.00. The van der Waals surface area contributed by atoms with E-state index in [2.05, 4.69) is 24.0 Å². The predicted molar refractivity (Wildman–Crippen MR) is 73.5 cm³/mol. The summed E-state index contributed by atoms with van der Waals surface area (Å²) < 4.78 is 0. The second-order valence-corrected chi connectivity index (χ2v) is 4.36. The van der Waals surface area contributed by atoms with Gasteiger partial charge in [-0.1, -0.05) is 12.1 Å². The number of hydrogen-bond acceptors (Lipinski definition) is 3. The van der Waals surface area contributed by atoms with Gasteiger partial charge in [0.05, 0.1) is 0 Å². The molecule has 0 fully saturated rings. The van der Waals surface area contributed by atoms with Crippen molar-refractivity contribution in [1.82, 2.24) is 4.98 Å². The van der Waals surface area contributed by atoms with Crippen LogP contribution in [0.4, 0.5) is 11.5 Å². The van der Waals surface area contributed by atoms with E-state index >= 15 is 0 Å². The van der Waals surface area contributed by atoms with Gasteiger partial charge in [0.1, 0.15) is 5.82 Å². The van der Waals surface area contributed by atoms with E-state index in [1.807, 2.05) is 30.1 Å². The van der Waals surface area contributed by atoms with E-state index in [9.17, 15) is 4.79 Å². The van der Waals surface area contributed by atoms with Crippen LogP contribution in [0.3, 0.4) is 0 Å². The van der Waals surface area contributed by atoms with Gasteiger partial charge in [0.15, 0.2) is 5.78 Å². The molecule has 3 nitrogen and oxygen atoms in total. The van der Waals surface area contributed by atoms with Crippen LogP contribution in [-0.4, -0.2) is 17.8 Å². The third-order valence-electron chi connectivity index (χ3n) is 2.89. The van der Waals surface area contributed by atoms with E-state index in [1.54, 1.807) is 19.2 Å². The van der Waals surface area contributed by atoms with Gasteiger partial charge < -0.3 is 4.90 Å². The maximum absolute atomic E-state index is 11.2. The zero-order valence-corrected chi connectivity index (χ0v) is 10.8. The summed E-state index contributed by atoms with van der Waals surface area (Å²) >= 11 is 0. The molecule has 2 rings (SSSR count). The molecule has 92 valence electrons. The van der Waals surface area contributed by atoms with Gasteiger partial charge in [0.25, 0.3) is 0 Å². The number of aryl methyl sites for hydroxylation is 1. The molecule has 0 unspecified atom stereocenters. The molecule has 0 radical (unpaired) electrons. The highest BCUT2D eigenvalue weighted by Gasteiger charge is 2.06. The number of aromatic nitrogens is 1. The molecular weight excluding hydrogens is 224 g/mol. The van der Waals surface area contributed by atoms with Crippen LogP contribution >= 0.6 is 0 Å². The summed E-state index contributed by atoms with van der Waals surface area (Å²) in [4.78, 5) is 17.5. The molecule has 0 aliphatic heterocycles. The van der Waals surface area contributed by atoms with Crippen molar-refractivity contribution in [3.05, 3.63) is 53.7 Å². The van der Waals surface area contributed by atoms with Crippen molar-refractivity contribution in [3.63, 3.8) is 0 Å². The molecule has 1 heterocycles. The molecule has 1 aromatic carbocycles. The van der Waals surface area contributed by atoms with Gasteiger partial charge in [-0.25, -0.2) is 4.98 Å². The Labute approximate surface area is 107 Å². The number of carbonyl (C=O) groups is 1. The minimum Gasteiger partial charge on any atom is -0.329 e. The molecular formula is C15H16N2O. The lowest BCUT2D eigenvalue weighted by Crippen LogP contribution is -2.11. The van der Waals surface area contributed by atoms with Crippen molar-refractivity contribution in [2.75, 3.05) is 11.9 Å². The Balaban J connectivity index is 2.28. The molecule has 2 aromatic rings. The van der Waals surface area contributed by atoms with Crippen LogP contribution < -0.4 is 4.90 Å². The SMILES string of the molecule is CC(=O)c1ccc(N(C)c2cccc(C)c2)nc1. The normalized spacial score (nSPS) is 10.2. The number of rotatable bonds is 3. The average molecular weight is 240 g/mol. The molecule has 3 heteroatoms. The third kappa shape index (κ3) is 2.56. The minimum atomic E-state index is 0.0345. The van der Waals surface area contributed by atoms with E-state index in [0.717, 1.165) is 11.5 Å². The Bertz CT molecular complexity index is 561. The molecule has 0 N–H and O–H groups in total. The molecule has 0 saturated heterocycles. The quantitative estimate of drug-likeness (QED) is 0.771. The first-order valence-electron chi connectivity index (χ1n) is 5.85. The van der Waals surface area contributed by atoms with Crippen molar-refractivity contribution in [2.24, 2.45) is 0 Å². The average Bonchev–Trinajstić information content (AvgIpc) is 2.38. The number of carbonyl (C=O) groups excluding carboxylic acids is 1. The first-order chi connectivity index (χ1) is 8.58. The van der Waals surface area contributed by atoms with Crippen LogP contribution in [0.1, 0.15) is 22.8 Å². The van der Waals surface area contributed by atoms with Gasteiger partial charge in [-0.05, 0) is 43.7 Å². The lowest BCUT2D eigenvalue weighted by atomic mass is 10.2. The van der Waals surface area contributed by atoms with E-state index in [1.165, 1.54) is 5.56 Å². The van der Waals surface area contributed by atoms with E-state index in [4.69, 9.17) is 0 Å². The maximum atomic E-state index is 11.2. The smallest absolute Gasteiger partial charge is 0.161 e. The summed E-state index contributed by atoms with van der Waals surface area (Å²) in [6.07, 6.45) is 1.62. The summed E-state index contributed by atoms with van der Waals surface area (Å²) in [5.74, 6) is 0.859. The van der Waals surface area contributed by atoms with E-state index < -0.39 is 0 Å². The number of anilines is 2. The number of pyridine rings is 1. The van der Waals surface area contributed by atoms with Gasteiger partial charge >= 0.3 is 0 Å². The highest BCUT2D eigenvalue weighted by molar-refractivity contribution is 5.93. The fourth-order valence-electron chi connectivity index (χ4n) is 1.76. The summed E-state index contributed by atoms with van der Waals surface area (Å²) in [7, 11) is 1.96. The number of Topliss-reactive ketones (excluding diaryl/α,β-unsaturated/α-hetero) is 1. The van der Waals surface area contributed by atoms with Crippen molar-refractivity contribution in [1.29, 1.82) is 0 Å². The Morgan fingerprint density at radius 2 is 2.00 bits per heavy atom. The molecule has 1 aromatic heterocycles. The number of benzene rings is 1. The summed E-state index contributed by atoms with van der Waals surface area (Å²) in [5.41, 5.74) is 2.93. The summed E-state index contributed by atoms with van der Waals surface area (Å²) in [6, 6.07) is 11.9. The molecule has 0 atom stereocenters. The van der Waals surface area contributed by atoms with Gasteiger partial charge in [0.2, 0.25) is 0 Å². The molecule has 0 amide bonds. The Morgan fingerprint density at radius 1 is 1.22 bits per heavy atom. The first-order valence-corrected chi connectivity index (χ1v) is 5.85. The van der Waals surface area contributed by atoms with Crippen LogP contribution in [0.5, 0.6) is 0 Å². The summed E-state index contributed by atoms with van der Waals surface area (Å²) in [6.45, 7) is 3.60. The van der Waals surface area contributed by atoms with Crippen LogP contribution in [0.25, 0.3) is 0 Å². The highest BCUT2D eigenvalue weighted by atomic mass is 16.1. The molecule has 18 heavy (non-hydrogen) atoms. The largest absolute Gasteiger partial charge is 0.329 e. The van der Waals surface area contributed by atoms with E-state index in [-0.39, 0.29) is 5.78 Å². The van der Waals surface area contributed by atoms with Gasteiger partial charge in [0, 0.05) is 24.5 Å². The topological polar surface area (TPSA) is 33.2 Å². The zero-order valence-electron chi connectivity index (χ0n) is 10.8. The summed E-state index contributed by atoms with van der Waals surface area (Å²) in [5, 5.41) is 0. The van der Waals surface area contributed by atoms with Gasteiger partial charge in [-0.15, -0.1) is 0 Å². The fourth-order valence-corrected chi connectivity index (χ4v) is 1.76. The lowest BCUT2D eigenvalue weighted by molar-refractivity contribution is 0.101. The lowest BCUT2D eigenvalue weighted by Gasteiger charge is -2.18. The third-order valence-corrected chi connectivity index (χ3v) is 2.89. The molecule has 0 aliphatic rings. The minimum absolute atomic E-state index is 0.0345. The van der Waals surface area contributed by atoms with Gasteiger partial charge in [-0.3, -0.25) is 4.79 Å². The van der Waals surface area contributed by atoms with Gasteiger partial charge in [-0.2, -0.15) is 0 Å². The Hall–Kier alpha value is -2.16. The van der Waals surface area contributed by atoms with Crippen molar-refractivity contribution >= 4 is 17.3 Å². The highest BCUT2D eigenvalue weighted by Crippen LogP contribution is 2.22. The number of hydrogen-bond donors (Lipinski definition) is 0. The maximum Gasteiger partial charge on any atom is 0.161 e. The van der Waals surface area contributed by atoms with E-state index in [0.29, 0.717) is 5.56 Å². The molecule has 0 saturated carbocycles.